The smallest absolute Gasteiger partial charge is 0.407 e. The average Bonchev–Trinajstić information content (AvgIpc) is 3.10. The number of likely N-dealkylation sites (N-methyl/N-ethyl adjacent to an activating group) is 1. The van der Waals surface area contributed by atoms with Crippen molar-refractivity contribution in [2.24, 2.45) is 0 Å². The Morgan fingerprint density at radius 3 is 2.18 bits per heavy atom. The Bertz CT molecular complexity index is 1020. The van der Waals surface area contributed by atoms with Crippen LogP contribution in [0.25, 0.3) is 11.1 Å². The summed E-state index contributed by atoms with van der Waals surface area (Å²) in [7, 11) is 3.57. The molecule has 2 aromatic rings. The van der Waals surface area contributed by atoms with Crippen LogP contribution in [0.15, 0.2) is 60.2 Å². The van der Waals surface area contributed by atoms with E-state index in [-0.39, 0.29) is 31.2 Å². The number of rotatable bonds is 9. The number of benzene rings is 2. The monoisotopic (exact) mass is 451 g/mol. The van der Waals surface area contributed by atoms with Crippen molar-refractivity contribution < 1.29 is 24.2 Å². The molecule has 3 rings (SSSR count). The summed E-state index contributed by atoms with van der Waals surface area (Å²) >= 11 is 0. The van der Waals surface area contributed by atoms with Gasteiger partial charge in [-0.2, -0.15) is 0 Å². The fourth-order valence-electron chi connectivity index (χ4n) is 3.86. The van der Waals surface area contributed by atoms with E-state index >= 15 is 0 Å². The molecule has 1 aliphatic rings. The Morgan fingerprint density at radius 2 is 1.64 bits per heavy atom. The van der Waals surface area contributed by atoms with Gasteiger partial charge in [-0.15, -0.1) is 0 Å². The van der Waals surface area contributed by atoms with Crippen molar-refractivity contribution in [2.75, 3.05) is 33.8 Å². The van der Waals surface area contributed by atoms with Crippen LogP contribution in [0.4, 0.5) is 4.79 Å². The second-order valence-electron chi connectivity index (χ2n) is 8.22. The number of carboxylic acid groups (broad SMARTS) is 1. The van der Waals surface area contributed by atoms with Crippen LogP contribution in [0.2, 0.25) is 0 Å². The fraction of sp³-hybridized carbons (Fsp3) is 0.320. The first-order valence-electron chi connectivity index (χ1n) is 10.7. The van der Waals surface area contributed by atoms with E-state index in [1.54, 1.807) is 19.0 Å². The van der Waals surface area contributed by atoms with E-state index in [1.165, 1.54) is 13.0 Å². The maximum absolute atomic E-state index is 12.6. The Hall–Kier alpha value is -3.65. The van der Waals surface area contributed by atoms with Crippen molar-refractivity contribution in [2.45, 2.75) is 18.9 Å². The number of carbonyl (C=O) groups excluding carboxylic acids is 2. The molecule has 8 heteroatoms. The topological polar surface area (TPSA) is 108 Å². The third-order valence-electron chi connectivity index (χ3n) is 5.52. The number of carboxylic acids is 1. The molecule has 33 heavy (non-hydrogen) atoms. The van der Waals surface area contributed by atoms with Gasteiger partial charge in [0.2, 0.25) is 5.91 Å². The van der Waals surface area contributed by atoms with E-state index in [4.69, 9.17) is 9.84 Å². The third kappa shape index (κ3) is 5.98. The Balaban J connectivity index is 1.62. The second-order valence-corrected chi connectivity index (χ2v) is 8.22. The van der Waals surface area contributed by atoms with E-state index in [9.17, 15) is 14.4 Å². The van der Waals surface area contributed by atoms with Crippen LogP contribution >= 0.6 is 0 Å². The van der Waals surface area contributed by atoms with Gasteiger partial charge in [-0.3, -0.25) is 4.79 Å². The van der Waals surface area contributed by atoms with Crippen molar-refractivity contribution >= 4 is 18.0 Å². The first kappa shape index (κ1) is 24.0. The van der Waals surface area contributed by atoms with Crippen molar-refractivity contribution in [1.82, 2.24) is 15.5 Å². The number of fused-ring (bicyclic) bond motifs is 3. The Labute approximate surface area is 193 Å². The van der Waals surface area contributed by atoms with Gasteiger partial charge in [0, 0.05) is 24.6 Å². The summed E-state index contributed by atoms with van der Waals surface area (Å²) in [5.74, 6) is -1.55. The standard InChI is InChI=1S/C25H29N3O5/c1-16(24(30)31)12-13-26-23(29)22(14-28(2)3)27-25(32)33-15-21-19-10-6-4-8-17(19)18-9-5-7-11-20(18)21/h4-12,21-22H,13-15H2,1-3H3,(H,26,29)(H,27,32)(H,30,31)/b16-12+. The van der Waals surface area contributed by atoms with Crippen molar-refractivity contribution in [1.29, 1.82) is 0 Å². The number of nitrogens with one attached hydrogen (secondary N) is 2. The van der Waals surface area contributed by atoms with Gasteiger partial charge < -0.3 is 25.4 Å². The lowest BCUT2D eigenvalue weighted by molar-refractivity contribution is -0.132. The lowest BCUT2D eigenvalue weighted by Gasteiger charge is -2.22. The zero-order chi connectivity index (χ0) is 24.0. The molecule has 0 saturated carbocycles. The summed E-state index contributed by atoms with van der Waals surface area (Å²) in [4.78, 5) is 37.8. The van der Waals surface area contributed by atoms with E-state index < -0.39 is 24.0 Å². The van der Waals surface area contributed by atoms with Crippen LogP contribution in [0.3, 0.4) is 0 Å². The predicted molar refractivity (Wildman–Crippen MR) is 125 cm³/mol. The first-order valence-corrected chi connectivity index (χ1v) is 10.7. The lowest BCUT2D eigenvalue weighted by atomic mass is 9.98. The molecule has 0 saturated heterocycles. The largest absolute Gasteiger partial charge is 0.478 e. The maximum atomic E-state index is 12.6. The van der Waals surface area contributed by atoms with Gasteiger partial charge >= 0.3 is 12.1 Å². The number of hydrogen-bond donors (Lipinski definition) is 3. The van der Waals surface area contributed by atoms with Gasteiger partial charge in [-0.05, 0) is 43.3 Å². The van der Waals surface area contributed by atoms with Gasteiger partial charge in [0.15, 0.2) is 0 Å². The molecule has 1 atom stereocenters. The van der Waals surface area contributed by atoms with Gasteiger partial charge in [0.1, 0.15) is 12.6 Å². The molecule has 2 amide bonds. The molecule has 1 unspecified atom stereocenters. The van der Waals surface area contributed by atoms with E-state index in [2.05, 4.69) is 22.8 Å². The molecule has 8 nitrogen and oxygen atoms in total. The van der Waals surface area contributed by atoms with Crippen LogP contribution in [-0.4, -0.2) is 67.8 Å². The Kier molecular flexibility index (Phi) is 7.84. The van der Waals surface area contributed by atoms with Gasteiger partial charge in [0.05, 0.1) is 0 Å². The second kappa shape index (κ2) is 10.8. The highest BCUT2D eigenvalue weighted by molar-refractivity contribution is 5.87. The molecule has 0 heterocycles. The quantitative estimate of drug-likeness (QED) is 0.506. The molecule has 174 valence electrons. The predicted octanol–water partition coefficient (Wildman–Crippen LogP) is 2.60. The third-order valence-corrected chi connectivity index (χ3v) is 5.52. The summed E-state index contributed by atoms with van der Waals surface area (Å²) in [5.41, 5.74) is 4.61. The van der Waals surface area contributed by atoms with Crippen LogP contribution in [0.5, 0.6) is 0 Å². The normalized spacial score (nSPS) is 13.8. The summed E-state index contributed by atoms with van der Waals surface area (Å²) in [6, 6.07) is 15.3. The molecule has 0 aromatic heterocycles. The van der Waals surface area contributed by atoms with Crippen molar-refractivity contribution in [3.8, 4) is 11.1 Å². The van der Waals surface area contributed by atoms with Crippen LogP contribution in [0.1, 0.15) is 24.0 Å². The molecule has 0 aliphatic heterocycles. The number of aliphatic carboxylic acids is 1. The van der Waals surface area contributed by atoms with E-state index in [0.717, 1.165) is 22.3 Å². The van der Waals surface area contributed by atoms with Crippen LogP contribution < -0.4 is 10.6 Å². The van der Waals surface area contributed by atoms with Gasteiger partial charge in [-0.1, -0.05) is 54.6 Å². The van der Waals surface area contributed by atoms with E-state index in [0.29, 0.717) is 0 Å². The molecule has 3 N–H and O–H groups in total. The lowest BCUT2D eigenvalue weighted by Crippen LogP contribution is -2.51. The molecule has 0 spiro atoms. The highest BCUT2D eigenvalue weighted by Crippen LogP contribution is 2.44. The molecular weight excluding hydrogens is 422 g/mol. The highest BCUT2D eigenvalue weighted by Gasteiger charge is 2.29. The molecule has 0 bridgehead atoms. The highest BCUT2D eigenvalue weighted by atomic mass is 16.5. The van der Waals surface area contributed by atoms with Gasteiger partial charge in [-0.25, -0.2) is 9.59 Å². The maximum Gasteiger partial charge on any atom is 0.407 e. The number of hydrogen-bond acceptors (Lipinski definition) is 5. The molecule has 0 radical (unpaired) electrons. The minimum atomic E-state index is -1.05. The summed E-state index contributed by atoms with van der Waals surface area (Å²) in [5, 5.41) is 14.2. The van der Waals surface area contributed by atoms with Crippen molar-refractivity contribution in [3.05, 3.63) is 71.3 Å². The SMILES string of the molecule is C/C(=C\CNC(=O)C(CN(C)C)NC(=O)OCC1c2ccccc2-c2ccccc21)C(=O)O. The number of amides is 2. The molecule has 2 aromatic carbocycles. The average molecular weight is 452 g/mol. The molecular formula is C25H29N3O5. The molecule has 0 fully saturated rings. The summed E-state index contributed by atoms with van der Waals surface area (Å²) < 4.78 is 5.54. The summed E-state index contributed by atoms with van der Waals surface area (Å²) in [6.45, 7) is 1.91. The minimum absolute atomic E-state index is 0.0489. The molecule has 1 aliphatic carbocycles. The number of nitrogens with zero attached hydrogens (tertiary/aromatic N) is 1. The van der Waals surface area contributed by atoms with Crippen LogP contribution in [-0.2, 0) is 14.3 Å². The van der Waals surface area contributed by atoms with Crippen LogP contribution in [0, 0.1) is 0 Å². The number of ether oxygens (including phenoxy) is 1. The number of alkyl carbamates (subject to hydrolysis) is 1. The zero-order valence-electron chi connectivity index (χ0n) is 19.0. The van der Waals surface area contributed by atoms with Crippen molar-refractivity contribution in [3.63, 3.8) is 0 Å². The zero-order valence-corrected chi connectivity index (χ0v) is 19.0. The fourth-order valence-corrected chi connectivity index (χ4v) is 3.86. The van der Waals surface area contributed by atoms with Gasteiger partial charge in [0.25, 0.3) is 0 Å². The first-order chi connectivity index (χ1) is 15.8. The Morgan fingerprint density at radius 1 is 1.06 bits per heavy atom. The minimum Gasteiger partial charge on any atom is -0.478 e. The van der Waals surface area contributed by atoms with E-state index in [1.807, 2.05) is 36.4 Å². The summed E-state index contributed by atoms with van der Waals surface area (Å²) in [6.07, 6.45) is 0.719. The number of carbonyl (C=O) groups is 3.